The second-order valence-electron chi connectivity index (χ2n) is 7.14. The number of anilines is 1. The number of benzene rings is 2. The monoisotopic (exact) mass is 436 g/mol. The van der Waals surface area contributed by atoms with Crippen molar-refractivity contribution in [3.8, 4) is 11.3 Å². The molecule has 1 aliphatic rings. The largest absolute Gasteiger partial charge is 0.465 e. The number of alkyl halides is 3. The number of likely N-dealkylation sites (tertiary alicyclic amines) is 1. The van der Waals surface area contributed by atoms with Gasteiger partial charge >= 0.3 is 12.3 Å². The molecule has 0 aliphatic carbocycles. The molecule has 2 aromatic carbocycles. The highest BCUT2D eigenvalue weighted by molar-refractivity contribution is 6.00. The summed E-state index contributed by atoms with van der Waals surface area (Å²) in [5, 5.41) is 30.5. The molecule has 1 aliphatic heterocycles. The minimum Gasteiger partial charge on any atom is -0.465 e. The number of halogens is 4. The zero-order chi connectivity index (χ0) is 22.3. The van der Waals surface area contributed by atoms with Gasteiger partial charge in [0.1, 0.15) is 11.5 Å². The van der Waals surface area contributed by atoms with Gasteiger partial charge in [-0.2, -0.15) is 13.2 Å². The summed E-state index contributed by atoms with van der Waals surface area (Å²) < 4.78 is 53.2. The van der Waals surface area contributed by atoms with Gasteiger partial charge in [0.05, 0.1) is 29.6 Å². The van der Waals surface area contributed by atoms with Crippen LogP contribution in [0.2, 0.25) is 0 Å². The van der Waals surface area contributed by atoms with Crippen LogP contribution in [0.3, 0.4) is 0 Å². The lowest BCUT2D eigenvalue weighted by Crippen LogP contribution is -2.33. The molecular weight excluding hydrogens is 420 g/mol. The normalized spacial score (nSPS) is 19.1. The third-order valence-electron chi connectivity index (χ3n) is 5.12. The first-order valence-electron chi connectivity index (χ1n) is 9.20. The van der Waals surface area contributed by atoms with Crippen LogP contribution in [0.4, 0.5) is 28.2 Å². The molecule has 162 valence electrons. The molecule has 0 saturated carbocycles. The number of hydrogen-bond acceptors (Lipinski definition) is 5. The van der Waals surface area contributed by atoms with Crippen molar-refractivity contribution in [3.05, 3.63) is 53.8 Å². The number of amides is 1. The second-order valence-corrected chi connectivity index (χ2v) is 7.14. The van der Waals surface area contributed by atoms with Crippen LogP contribution >= 0.6 is 0 Å². The van der Waals surface area contributed by atoms with Crippen molar-refractivity contribution in [3.63, 3.8) is 0 Å². The molecule has 2 atom stereocenters. The van der Waals surface area contributed by atoms with Gasteiger partial charge in [0.25, 0.3) is 0 Å². The molecule has 11 heteroatoms. The number of fused-ring (bicyclic) bond motifs is 1. The first-order valence-corrected chi connectivity index (χ1v) is 9.20. The highest BCUT2D eigenvalue weighted by atomic mass is 19.4. The van der Waals surface area contributed by atoms with E-state index in [9.17, 15) is 27.5 Å². The van der Waals surface area contributed by atoms with E-state index in [1.807, 2.05) is 0 Å². The van der Waals surface area contributed by atoms with E-state index in [1.165, 1.54) is 24.3 Å². The summed E-state index contributed by atoms with van der Waals surface area (Å²) in [6, 6.07) is 7.73. The van der Waals surface area contributed by atoms with Crippen LogP contribution in [-0.4, -0.2) is 56.6 Å². The van der Waals surface area contributed by atoms with E-state index in [2.05, 4.69) is 15.5 Å². The average Bonchev–Trinajstić information content (AvgIpc) is 3.08. The van der Waals surface area contributed by atoms with Crippen molar-refractivity contribution >= 4 is 22.7 Å². The van der Waals surface area contributed by atoms with Gasteiger partial charge in [0, 0.05) is 17.5 Å². The minimum atomic E-state index is -4.49. The van der Waals surface area contributed by atoms with Gasteiger partial charge in [-0.05, 0) is 18.2 Å². The van der Waals surface area contributed by atoms with Crippen LogP contribution < -0.4 is 5.32 Å². The van der Waals surface area contributed by atoms with Crippen LogP contribution in [0.1, 0.15) is 5.56 Å². The summed E-state index contributed by atoms with van der Waals surface area (Å²) in [7, 11) is 0. The number of nitrogens with zero attached hydrogens (tertiary/aromatic N) is 3. The van der Waals surface area contributed by atoms with Crippen molar-refractivity contribution in [2.75, 3.05) is 18.4 Å². The highest BCUT2D eigenvalue weighted by Gasteiger charge is 2.35. The maximum absolute atomic E-state index is 14.7. The Morgan fingerprint density at radius 1 is 1.10 bits per heavy atom. The Balaban J connectivity index is 1.73. The standard InChI is InChI=1S/C20H16F4N4O3/c21-13-3-1-2-12-16(13)18(25-14-8-28(19(30)31)9-15(14)29)27-26-17(12)10-4-6-11(7-5-10)20(22,23)24/h1-7,14-15,29H,8-9H2,(H,25,27)(H,30,31)/t14-,15+/m1/s1. The number of aromatic nitrogens is 2. The fourth-order valence-corrected chi connectivity index (χ4v) is 3.56. The van der Waals surface area contributed by atoms with E-state index in [1.54, 1.807) is 6.07 Å². The Labute approximate surface area is 172 Å². The van der Waals surface area contributed by atoms with Crippen molar-refractivity contribution < 1.29 is 32.6 Å². The zero-order valence-corrected chi connectivity index (χ0v) is 15.8. The topological polar surface area (TPSA) is 98.6 Å². The third-order valence-corrected chi connectivity index (χ3v) is 5.12. The number of nitrogens with one attached hydrogen (secondary N) is 1. The van der Waals surface area contributed by atoms with Crippen LogP contribution in [-0.2, 0) is 6.18 Å². The van der Waals surface area contributed by atoms with Gasteiger partial charge in [0.2, 0.25) is 0 Å². The number of aliphatic hydroxyl groups is 1. The molecule has 3 N–H and O–H groups in total. The van der Waals surface area contributed by atoms with Crippen molar-refractivity contribution in [2.24, 2.45) is 0 Å². The smallest absolute Gasteiger partial charge is 0.416 e. The predicted molar refractivity (Wildman–Crippen MR) is 103 cm³/mol. The fraction of sp³-hybridized carbons (Fsp3) is 0.250. The number of β-amino-alcohol motifs (C(OH)–C–C–N with tert-alkyl or cyclic N) is 1. The van der Waals surface area contributed by atoms with Crippen molar-refractivity contribution in [1.29, 1.82) is 0 Å². The predicted octanol–water partition coefficient (Wildman–Crippen LogP) is 3.59. The van der Waals surface area contributed by atoms with Crippen molar-refractivity contribution in [2.45, 2.75) is 18.3 Å². The van der Waals surface area contributed by atoms with E-state index >= 15 is 0 Å². The average molecular weight is 436 g/mol. The molecule has 2 heterocycles. The third kappa shape index (κ3) is 3.96. The summed E-state index contributed by atoms with van der Waals surface area (Å²) in [6.45, 7) is -0.140. The summed E-state index contributed by atoms with van der Waals surface area (Å²) in [5.74, 6) is -0.648. The van der Waals surface area contributed by atoms with Crippen LogP contribution in [0.15, 0.2) is 42.5 Å². The molecule has 31 heavy (non-hydrogen) atoms. The van der Waals surface area contributed by atoms with Gasteiger partial charge in [-0.25, -0.2) is 9.18 Å². The highest BCUT2D eigenvalue weighted by Crippen LogP contribution is 2.34. The Bertz CT molecular complexity index is 1140. The molecule has 0 radical (unpaired) electrons. The SMILES string of the molecule is O=C(O)N1C[C@H](O)[C@H](Nc2nnc(-c3ccc(C(F)(F)F)cc3)c3cccc(F)c23)C1. The molecule has 4 rings (SSSR count). The molecule has 3 aromatic rings. The van der Waals surface area contributed by atoms with E-state index in [0.29, 0.717) is 10.9 Å². The van der Waals surface area contributed by atoms with Crippen LogP contribution in [0.5, 0.6) is 0 Å². The van der Waals surface area contributed by atoms with E-state index in [-0.39, 0.29) is 30.0 Å². The summed E-state index contributed by atoms with van der Waals surface area (Å²) in [4.78, 5) is 12.1. The van der Waals surface area contributed by atoms with Gasteiger partial charge in [-0.1, -0.05) is 24.3 Å². The molecule has 7 nitrogen and oxygen atoms in total. The minimum absolute atomic E-state index is 0.0000467. The summed E-state index contributed by atoms with van der Waals surface area (Å²) >= 11 is 0. The lowest BCUT2D eigenvalue weighted by atomic mass is 10.0. The number of rotatable bonds is 3. The number of hydrogen-bond donors (Lipinski definition) is 3. The van der Waals surface area contributed by atoms with Gasteiger partial charge in [-0.3, -0.25) is 0 Å². The Morgan fingerprint density at radius 2 is 1.81 bits per heavy atom. The number of aliphatic hydroxyl groups excluding tert-OH is 1. The first-order chi connectivity index (χ1) is 14.6. The maximum atomic E-state index is 14.7. The molecule has 0 bridgehead atoms. The van der Waals surface area contributed by atoms with Crippen LogP contribution in [0, 0.1) is 5.82 Å². The van der Waals surface area contributed by atoms with E-state index < -0.39 is 35.8 Å². The number of carbonyl (C=O) groups is 1. The van der Waals surface area contributed by atoms with Gasteiger partial charge in [-0.15, -0.1) is 10.2 Å². The zero-order valence-electron chi connectivity index (χ0n) is 15.8. The van der Waals surface area contributed by atoms with Crippen LogP contribution in [0.25, 0.3) is 22.0 Å². The molecule has 1 aromatic heterocycles. The molecule has 0 unspecified atom stereocenters. The first kappa shape index (κ1) is 20.8. The fourth-order valence-electron chi connectivity index (χ4n) is 3.56. The lowest BCUT2D eigenvalue weighted by Gasteiger charge is -2.18. The second kappa shape index (κ2) is 7.65. The Hall–Kier alpha value is -3.47. The Morgan fingerprint density at radius 3 is 2.42 bits per heavy atom. The van der Waals surface area contributed by atoms with E-state index in [0.717, 1.165) is 17.0 Å². The number of carboxylic acid groups (broad SMARTS) is 1. The van der Waals surface area contributed by atoms with Gasteiger partial charge < -0.3 is 20.4 Å². The molecule has 1 saturated heterocycles. The molecule has 0 spiro atoms. The van der Waals surface area contributed by atoms with Crippen molar-refractivity contribution in [1.82, 2.24) is 15.1 Å². The molecular formula is C20H16F4N4O3. The van der Waals surface area contributed by atoms with Gasteiger partial charge in [0.15, 0.2) is 5.82 Å². The molecule has 1 fully saturated rings. The lowest BCUT2D eigenvalue weighted by molar-refractivity contribution is -0.137. The van der Waals surface area contributed by atoms with E-state index in [4.69, 9.17) is 5.11 Å². The summed E-state index contributed by atoms with van der Waals surface area (Å²) in [6.07, 6.45) is -6.71. The molecule has 1 amide bonds. The maximum Gasteiger partial charge on any atom is 0.416 e. The Kier molecular flexibility index (Phi) is 5.13. The quantitative estimate of drug-likeness (QED) is 0.543. The summed E-state index contributed by atoms with van der Waals surface area (Å²) in [5.41, 5.74) is -0.315.